The number of nitrogens with one attached hydrogen (secondary N) is 2. The van der Waals surface area contributed by atoms with Crippen LogP contribution in [0.3, 0.4) is 0 Å². The van der Waals surface area contributed by atoms with Crippen molar-refractivity contribution in [3.05, 3.63) is 46.5 Å². The first kappa shape index (κ1) is 10.9. The number of rotatable bonds is 4. The molecule has 5 heteroatoms. The van der Waals surface area contributed by atoms with Crippen molar-refractivity contribution in [2.45, 2.75) is 13.3 Å². The second-order valence-corrected chi connectivity index (χ2v) is 3.94. The van der Waals surface area contributed by atoms with E-state index in [2.05, 4.69) is 27.8 Å². The van der Waals surface area contributed by atoms with Crippen LogP contribution in [0.15, 0.2) is 30.3 Å². The smallest absolute Gasteiger partial charge is 0.214 e. The molecular formula is C11H14N4S. The third-order valence-electron chi connectivity index (χ3n) is 2.37. The number of hydrogen-bond acceptors (Lipinski definition) is 3. The molecule has 0 aliphatic heterocycles. The summed E-state index contributed by atoms with van der Waals surface area (Å²) in [7, 11) is 0. The average molecular weight is 234 g/mol. The standard InChI is InChI=1S/C11H14N4S/c1-9-13-14-11(16)15(9)12-8-7-10-5-3-2-4-6-10/h2-6,12H,7-8H2,1H3,(H,14,16). The van der Waals surface area contributed by atoms with Gasteiger partial charge >= 0.3 is 0 Å². The van der Waals surface area contributed by atoms with Gasteiger partial charge in [-0.15, -0.1) is 0 Å². The minimum Gasteiger partial charge on any atom is -0.322 e. The first-order chi connectivity index (χ1) is 7.77. The molecule has 84 valence electrons. The van der Waals surface area contributed by atoms with Crippen molar-refractivity contribution in [2.75, 3.05) is 12.0 Å². The lowest BCUT2D eigenvalue weighted by Crippen LogP contribution is -2.19. The normalized spacial score (nSPS) is 10.3. The fourth-order valence-electron chi connectivity index (χ4n) is 1.52. The number of H-pyrrole nitrogens is 1. The Balaban J connectivity index is 1.92. The summed E-state index contributed by atoms with van der Waals surface area (Å²) in [6.07, 6.45) is 0.966. The molecule has 2 rings (SSSR count). The van der Waals surface area contributed by atoms with E-state index in [9.17, 15) is 0 Å². The van der Waals surface area contributed by atoms with Crippen LogP contribution in [0.25, 0.3) is 0 Å². The van der Waals surface area contributed by atoms with Gasteiger partial charge in [-0.05, 0) is 31.1 Å². The molecule has 0 aliphatic rings. The third kappa shape index (κ3) is 2.49. The fraction of sp³-hybridized carbons (Fsp3) is 0.273. The molecule has 0 unspecified atom stereocenters. The highest BCUT2D eigenvalue weighted by Gasteiger charge is 1.98. The monoisotopic (exact) mass is 234 g/mol. The van der Waals surface area contributed by atoms with E-state index in [0.717, 1.165) is 18.8 Å². The van der Waals surface area contributed by atoms with Crippen molar-refractivity contribution in [2.24, 2.45) is 0 Å². The Bertz CT molecular complexity index is 500. The second kappa shape index (κ2) is 4.94. The molecule has 16 heavy (non-hydrogen) atoms. The van der Waals surface area contributed by atoms with Crippen molar-refractivity contribution in [1.82, 2.24) is 14.9 Å². The summed E-state index contributed by atoms with van der Waals surface area (Å²) >= 11 is 5.09. The predicted molar refractivity (Wildman–Crippen MR) is 66.5 cm³/mol. The summed E-state index contributed by atoms with van der Waals surface area (Å²) < 4.78 is 2.39. The van der Waals surface area contributed by atoms with Crippen molar-refractivity contribution in [3.63, 3.8) is 0 Å². The average Bonchev–Trinajstić information content (AvgIpc) is 2.62. The largest absolute Gasteiger partial charge is 0.322 e. The minimum atomic E-state index is 0.602. The number of aromatic amines is 1. The number of nitrogens with zero attached hydrogens (tertiary/aromatic N) is 2. The molecule has 0 amide bonds. The van der Waals surface area contributed by atoms with E-state index in [1.165, 1.54) is 5.56 Å². The maximum absolute atomic E-state index is 5.09. The Labute approximate surface area is 99.3 Å². The number of aryl methyl sites for hydroxylation is 1. The molecule has 1 heterocycles. The van der Waals surface area contributed by atoms with Gasteiger partial charge in [0.15, 0.2) is 0 Å². The van der Waals surface area contributed by atoms with Gasteiger partial charge in [0.2, 0.25) is 4.77 Å². The molecule has 0 bridgehead atoms. The zero-order valence-electron chi connectivity index (χ0n) is 9.10. The molecule has 0 saturated heterocycles. The first-order valence-electron chi connectivity index (χ1n) is 5.19. The van der Waals surface area contributed by atoms with Gasteiger partial charge in [-0.2, -0.15) is 5.10 Å². The van der Waals surface area contributed by atoms with Gasteiger partial charge in [-0.1, -0.05) is 30.3 Å². The van der Waals surface area contributed by atoms with Gasteiger partial charge < -0.3 is 5.43 Å². The molecule has 0 atom stereocenters. The zero-order chi connectivity index (χ0) is 11.4. The predicted octanol–water partition coefficient (Wildman–Crippen LogP) is 2.04. The summed E-state index contributed by atoms with van der Waals surface area (Å²) in [5, 5.41) is 6.76. The summed E-state index contributed by atoms with van der Waals surface area (Å²) in [4.78, 5) is 0. The maximum atomic E-state index is 5.09. The SMILES string of the molecule is Cc1n[nH]c(=S)n1NCCc1ccccc1. The van der Waals surface area contributed by atoms with E-state index in [-0.39, 0.29) is 0 Å². The Kier molecular flexibility index (Phi) is 3.36. The Morgan fingerprint density at radius 3 is 2.75 bits per heavy atom. The van der Waals surface area contributed by atoms with Crippen LogP contribution >= 0.6 is 12.2 Å². The second-order valence-electron chi connectivity index (χ2n) is 3.56. The quantitative estimate of drug-likeness (QED) is 0.796. The van der Waals surface area contributed by atoms with Crippen molar-refractivity contribution >= 4 is 12.2 Å². The molecular weight excluding hydrogens is 220 g/mol. The van der Waals surface area contributed by atoms with Crippen LogP contribution in [0.4, 0.5) is 0 Å². The van der Waals surface area contributed by atoms with Gasteiger partial charge in [0.1, 0.15) is 5.82 Å². The van der Waals surface area contributed by atoms with Gasteiger partial charge in [0.05, 0.1) is 0 Å². The van der Waals surface area contributed by atoms with Crippen molar-refractivity contribution < 1.29 is 0 Å². The van der Waals surface area contributed by atoms with E-state index >= 15 is 0 Å². The summed E-state index contributed by atoms with van der Waals surface area (Å²) in [5.41, 5.74) is 4.54. The number of hydrogen-bond donors (Lipinski definition) is 2. The molecule has 0 radical (unpaired) electrons. The lowest BCUT2D eigenvalue weighted by atomic mass is 10.2. The lowest BCUT2D eigenvalue weighted by molar-refractivity contribution is 0.783. The van der Waals surface area contributed by atoms with Crippen LogP contribution in [0.2, 0.25) is 0 Å². The third-order valence-corrected chi connectivity index (χ3v) is 2.64. The molecule has 2 N–H and O–H groups in total. The van der Waals surface area contributed by atoms with Crippen LogP contribution in [-0.4, -0.2) is 21.4 Å². The van der Waals surface area contributed by atoms with E-state index < -0.39 is 0 Å². The van der Waals surface area contributed by atoms with Gasteiger partial charge in [0.25, 0.3) is 0 Å². The van der Waals surface area contributed by atoms with Crippen molar-refractivity contribution in [3.8, 4) is 0 Å². The van der Waals surface area contributed by atoms with Gasteiger partial charge in [-0.25, -0.2) is 4.68 Å². The molecule has 0 aliphatic carbocycles. The minimum absolute atomic E-state index is 0.602. The van der Waals surface area contributed by atoms with Crippen LogP contribution in [0.5, 0.6) is 0 Å². The van der Waals surface area contributed by atoms with Crippen LogP contribution in [-0.2, 0) is 6.42 Å². The molecule has 2 aromatic rings. The Morgan fingerprint density at radius 1 is 1.38 bits per heavy atom. The molecule has 0 saturated carbocycles. The molecule has 1 aromatic carbocycles. The van der Waals surface area contributed by atoms with Gasteiger partial charge in [-0.3, -0.25) is 5.10 Å². The summed E-state index contributed by atoms with van der Waals surface area (Å²) in [5.74, 6) is 0.845. The van der Waals surface area contributed by atoms with Crippen LogP contribution < -0.4 is 5.43 Å². The summed E-state index contributed by atoms with van der Waals surface area (Å²) in [6, 6.07) is 10.3. The first-order valence-corrected chi connectivity index (χ1v) is 5.60. The Hall–Kier alpha value is -1.62. The topological polar surface area (TPSA) is 45.6 Å². The van der Waals surface area contributed by atoms with E-state index in [1.807, 2.05) is 25.1 Å². The van der Waals surface area contributed by atoms with Crippen LogP contribution in [0, 0.1) is 11.7 Å². The highest BCUT2D eigenvalue weighted by Crippen LogP contribution is 1.99. The van der Waals surface area contributed by atoms with Crippen molar-refractivity contribution in [1.29, 1.82) is 0 Å². The van der Waals surface area contributed by atoms with E-state index in [1.54, 1.807) is 4.68 Å². The molecule has 4 nitrogen and oxygen atoms in total. The van der Waals surface area contributed by atoms with Gasteiger partial charge in [0, 0.05) is 6.54 Å². The highest BCUT2D eigenvalue weighted by molar-refractivity contribution is 7.71. The van der Waals surface area contributed by atoms with E-state index in [0.29, 0.717) is 4.77 Å². The Morgan fingerprint density at radius 2 is 2.12 bits per heavy atom. The number of benzene rings is 1. The molecule has 1 aromatic heterocycles. The zero-order valence-corrected chi connectivity index (χ0v) is 9.92. The molecule has 0 spiro atoms. The molecule has 0 fully saturated rings. The van der Waals surface area contributed by atoms with Crippen LogP contribution in [0.1, 0.15) is 11.4 Å². The maximum Gasteiger partial charge on any atom is 0.214 e. The highest BCUT2D eigenvalue weighted by atomic mass is 32.1. The summed E-state index contributed by atoms with van der Waals surface area (Å²) in [6.45, 7) is 2.74. The fourth-order valence-corrected chi connectivity index (χ4v) is 1.76. The van der Waals surface area contributed by atoms with E-state index in [4.69, 9.17) is 12.2 Å². The lowest BCUT2D eigenvalue weighted by Gasteiger charge is -2.07. The number of aromatic nitrogens is 3.